The van der Waals surface area contributed by atoms with Crippen molar-refractivity contribution < 1.29 is 0 Å². The van der Waals surface area contributed by atoms with Crippen LogP contribution in [0, 0.1) is 11.8 Å². The smallest absolute Gasteiger partial charge is 0.119 e. The molecule has 0 atom stereocenters. The molecule has 1 heterocycles. The summed E-state index contributed by atoms with van der Waals surface area (Å²) < 4.78 is 0. The highest BCUT2D eigenvalue weighted by molar-refractivity contribution is 7.99. The summed E-state index contributed by atoms with van der Waals surface area (Å²) in [4.78, 5) is 4.17. The molecule has 0 fully saturated rings. The maximum absolute atomic E-state index is 5.72. The molecule has 1 aromatic rings. The van der Waals surface area contributed by atoms with Crippen LogP contribution in [0.2, 0.25) is 0 Å². The van der Waals surface area contributed by atoms with Gasteiger partial charge in [-0.3, -0.25) is 0 Å². The summed E-state index contributed by atoms with van der Waals surface area (Å²) in [6.45, 7) is 1.85. The van der Waals surface area contributed by atoms with Crippen molar-refractivity contribution in [2.45, 2.75) is 18.4 Å². The zero-order valence-corrected chi connectivity index (χ0v) is 8.40. The Balaban J connectivity index is 2.44. The third-order valence-corrected chi connectivity index (χ3v) is 2.47. The summed E-state index contributed by atoms with van der Waals surface area (Å²) in [6.07, 6.45) is 2.64. The highest BCUT2D eigenvalue weighted by Crippen LogP contribution is 2.21. The Labute approximate surface area is 82.9 Å². The Morgan fingerprint density at radius 2 is 2.46 bits per heavy atom. The molecule has 1 rings (SSSR count). The zero-order chi connectivity index (χ0) is 9.52. The zero-order valence-electron chi connectivity index (χ0n) is 7.58. The summed E-state index contributed by atoms with van der Waals surface area (Å²) in [5.74, 6) is 6.80. The van der Waals surface area contributed by atoms with Crippen molar-refractivity contribution in [3.8, 4) is 11.8 Å². The number of anilines is 1. The van der Waals surface area contributed by atoms with Crippen LogP contribution in [0.15, 0.2) is 23.4 Å². The number of nitrogens with zero attached hydrogens (tertiary/aromatic N) is 1. The molecule has 3 heteroatoms. The number of nitrogens with two attached hydrogens (primary N) is 1. The van der Waals surface area contributed by atoms with Gasteiger partial charge in [-0.15, -0.1) is 23.6 Å². The van der Waals surface area contributed by atoms with Crippen molar-refractivity contribution in [3.63, 3.8) is 0 Å². The van der Waals surface area contributed by atoms with Gasteiger partial charge in [0.2, 0.25) is 0 Å². The fourth-order valence-corrected chi connectivity index (χ4v) is 1.62. The third kappa shape index (κ3) is 3.39. The monoisotopic (exact) mass is 192 g/mol. The lowest BCUT2D eigenvalue weighted by Gasteiger charge is -2.00. The summed E-state index contributed by atoms with van der Waals surface area (Å²) in [5.41, 5.74) is 6.46. The minimum atomic E-state index is 0.747. The maximum Gasteiger partial charge on any atom is 0.119 e. The first-order valence-corrected chi connectivity index (χ1v) is 5.06. The summed E-state index contributed by atoms with van der Waals surface area (Å²) in [5, 5.41) is 0.903. The van der Waals surface area contributed by atoms with Gasteiger partial charge in [0.15, 0.2) is 0 Å². The van der Waals surface area contributed by atoms with Crippen molar-refractivity contribution in [2.24, 2.45) is 0 Å². The molecule has 0 aliphatic rings. The van der Waals surface area contributed by atoms with Crippen LogP contribution in [0.3, 0.4) is 0 Å². The van der Waals surface area contributed by atoms with E-state index in [0.29, 0.717) is 0 Å². The third-order valence-electron chi connectivity index (χ3n) is 1.44. The Hall–Kier alpha value is -1.14. The number of thioether (sulfide) groups is 1. The van der Waals surface area contributed by atoms with Gasteiger partial charge >= 0.3 is 0 Å². The molecule has 2 nitrogen and oxygen atoms in total. The van der Waals surface area contributed by atoms with E-state index in [2.05, 4.69) is 16.8 Å². The Kier molecular flexibility index (Phi) is 4.20. The SMILES string of the molecule is CC#CCCSc1ncccc1N. The predicted octanol–water partition coefficient (Wildman–Crippen LogP) is 2.17. The van der Waals surface area contributed by atoms with Gasteiger partial charge in [-0.2, -0.15) is 0 Å². The minimum Gasteiger partial charge on any atom is -0.397 e. The lowest BCUT2D eigenvalue weighted by atomic mass is 10.4. The van der Waals surface area contributed by atoms with E-state index in [0.717, 1.165) is 22.9 Å². The first-order chi connectivity index (χ1) is 6.34. The molecule has 0 amide bonds. The molecular formula is C10H12N2S. The van der Waals surface area contributed by atoms with Gasteiger partial charge in [0.05, 0.1) is 5.69 Å². The quantitative estimate of drug-likeness (QED) is 0.453. The molecule has 0 aromatic carbocycles. The topological polar surface area (TPSA) is 38.9 Å². The molecule has 0 radical (unpaired) electrons. The van der Waals surface area contributed by atoms with Crippen LogP contribution in [-0.2, 0) is 0 Å². The molecule has 1 aromatic heterocycles. The summed E-state index contributed by atoms with van der Waals surface area (Å²) >= 11 is 1.65. The van der Waals surface area contributed by atoms with Gasteiger partial charge in [-0.05, 0) is 19.1 Å². The van der Waals surface area contributed by atoms with E-state index in [1.54, 1.807) is 18.0 Å². The Bertz CT molecular complexity index is 325. The lowest BCUT2D eigenvalue weighted by molar-refractivity contribution is 1.14. The normalized spacial score (nSPS) is 9.00. The van der Waals surface area contributed by atoms with Crippen LogP contribution in [0.4, 0.5) is 5.69 Å². The molecule has 0 unspecified atom stereocenters. The van der Waals surface area contributed by atoms with Crippen molar-refractivity contribution in [2.75, 3.05) is 11.5 Å². The van der Waals surface area contributed by atoms with E-state index in [4.69, 9.17) is 5.73 Å². The molecule has 0 bridgehead atoms. The molecule has 0 saturated heterocycles. The van der Waals surface area contributed by atoms with Gasteiger partial charge < -0.3 is 5.73 Å². The van der Waals surface area contributed by atoms with Crippen molar-refractivity contribution >= 4 is 17.4 Å². The van der Waals surface area contributed by atoms with E-state index in [1.165, 1.54) is 0 Å². The Morgan fingerprint density at radius 1 is 1.62 bits per heavy atom. The van der Waals surface area contributed by atoms with Crippen LogP contribution in [0.25, 0.3) is 0 Å². The van der Waals surface area contributed by atoms with Crippen molar-refractivity contribution in [1.82, 2.24) is 4.98 Å². The van der Waals surface area contributed by atoms with E-state index >= 15 is 0 Å². The van der Waals surface area contributed by atoms with E-state index in [-0.39, 0.29) is 0 Å². The van der Waals surface area contributed by atoms with E-state index < -0.39 is 0 Å². The molecule has 0 aliphatic carbocycles. The van der Waals surface area contributed by atoms with Gasteiger partial charge in [-0.25, -0.2) is 4.98 Å². The van der Waals surface area contributed by atoms with Crippen molar-refractivity contribution in [3.05, 3.63) is 18.3 Å². The fraction of sp³-hybridized carbons (Fsp3) is 0.300. The average molecular weight is 192 g/mol. The standard InChI is InChI=1S/C10H12N2S/c1-2-3-4-8-13-10-9(11)6-5-7-12-10/h5-7H,4,8,11H2,1H3. The first-order valence-electron chi connectivity index (χ1n) is 4.07. The average Bonchev–Trinajstić information content (AvgIpc) is 2.15. The highest BCUT2D eigenvalue weighted by atomic mass is 32.2. The second-order valence-corrected chi connectivity index (χ2v) is 3.51. The number of hydrogen-bond acceptors (Lipinski definition) is 3. The molecule has 0 aliphatic heterocycles. The lowest BCUT2D eigenvalue weighted by Crippen LogP contribution is -1.91. The number of rotatable bonds is 3. The highest BCUT2D eigenvalue weighted by Gasteiger charge is 1.98. The molecule has 0 saturated carbocycles. The van der Waals surface area contributed by atoms with Crippen LogP contribution < -0.4 is 5.73 Å². The number of aromatic nitrogens is 1. The van der Waals surface area contributed by atoms with Gasteiger partial charge in [-0.1, -0.05) is 0 Å². The largest absolute Gasteiger partial charge is 0.397 e. The van der Waals surface area contributed by atoms with E-state index in [1.807, 2.05) is 19.1 Å². The minimum absolute atomic E-state index is 0.747. The van der Waals surface area contributed by atoms with Crippen LogP contribution in [-0.4, -0.2) is 10.7 Å². The van der Waals surface area contributed by atoms with Crippen LogP contribution in [0.1, 0.15) is 13.3 Å². The molecule has 0 spiro atoms. The first kappa shape index (κ1) is 9.94. The van der Waals surface area contributed by atoms with Gasteiger partial charge in [0.1, 0.15) is 5.03 Å². The summed E-state index contributed by atoms with van der Waals surface area (Å²) in [7, 11) is 0. The second-order valence-electron chi connectivity index (χ2n) is 2.42. The molecule has 68 valence electrons. The molecule has 2 N–H and O–H groups in total. The molecule has 13 heavy (non-hydrogen) atoms. The summed E-state index contributed by atoms with van der Waals surface area (Å²) in [6, 6.07) is 3.70. The second kappa shape index (κ2) is 5.50. The number of pyridine rings is 1. The van der Waals surface area contributed by atoms with Gasteiger partial charge in [0, 0.05) is 18.4 Å². The van der Waals surface area contributed by atoms with Crippen molar-refractivity contribution in [1.29, 1.82) is 0 Å². The van der Waals surface area contributed by atoms with Gasteiger partial charge in [0.25, 0.3) is 0 Å². The van der Waals surface area contributed by atoms with Crippen LogP contribution >= 0.6 is 11.8 Å². The number of hydrogen-bond donors (Lipinski definition) is 1. The Morgan fingerprint density at radius 3 is 3.15 bits per heavy atom. The maximum atomic E-state index is 5.72. The molecular weight excluding hydrogens is 180 g/mol. The fourth-order valence-electron chi connectivity index (χ4n) is 0.848. The predicted molar refractivity (Wildman–Crippen MR) is 57.4 cm³/mol. The number of nitrogen functional groups attached to an aromatic ring is 1. The van der Waals surface area contributed by atoms with Crippen LogP contribution in [0.5, 0.6) is 0 Å². The van der Waals surface area contributed by atoms with E-state index in [9.17, 15) is 0 Å².